The highest BCUT2D eigenvalue weighted by atomic mass is 79.9. The molecule has 0 saturated heterocycles. The van der Waals surface area contributed by atoms with Gasteiger partial charge in [0.15, 0.2) is 0 Å². The third-order valence-electron chi connectivity index (χ3n) is 2.27. The minimum Gasteiger partial charge on any atom is -0.324 e. The van der Waals surface area contributed by atoms with Crippen molar-refractivity contribution in [3.63, 3.8) is 0 Å². The zero-order chi connectivity index (χ0) is 11.4. The molecule has 1 aromatic rings. The maximum Gasteiger partial charge on any atom is 0.142 e. The van der Waals surface area contributed by atoms with Gasteiger partial charge in [-0.1, -0.05) is 12.1 Å². The molecule has 84 valence electrons. The van der Waals surface area contributed by atoms with Crippen molar-refractivity contribution in [1.82, 2.24) is 4.90 Å². The van der Waals surface area contributed by atoms with Crippen LogP contribution in [0, 0.1) is 5.82 Å². The van der Waals surface area contributed by atoms with Gasteiger partial charge in [0.2, 0.25) is 0 Å². The number of nitrogens with zero attached hydrogens (tertiary/aromatic N) is 1. The molecular formula is C11H16BrFN2. The van der Waals surface area contributed by atoms with Crippen LogP contribution in [-0.4, -0.2) is 25.5 Å². The van der Waals surface area contributed by atoms with Crippen molar-refractivity contribution in [2.75, 3.05) is 20.6 Å². The van der Waals surface area contributed by atoms with Crippen LogP contribution in [0.3, 0.4) is 0 Å². The van der Waals surface area contributed by atoms with Crippen molar-refractivity contribution in [3.05, 3.63) is 34.1 Å². The first-order valence-electron chi connectivity index (χ1n) is 4.86. The maximum absolute atomic E-state index is 13.6. The highest BCUT2D eigenvalue weighted by Gasteiger charge is 2.13. The van der Waals surface area contributed by atoms with Gasteiger partial charge in [-0.3, -0.25) is 0 Å². The molecule has 0 heterocycles. The Hall–Kier alpha value is -0.450. The topological polar surface area (TPSA) is 29.3 Å². The summed E-state index contributed by atoms with van der Waals surface area (Å²) < 4.78 is 14.1. The summed E-state index contributed by atoms with van der Waals surface area (Å²) in [5.41, 5.74) is 6.50. The van der Waals surface area contributed by atoms with Crippen molar-refractivity contribution < 1.29 is 4.39 Å². The number of hydrogen-bond donors (Lipinski definition) is 1. The van der Waals surface area contributed by atoms with Gasteiger partial charge in [0, 0.05) is 11.6 Å². The summed E-state index contributed by atoms with van der Waals surface area (Å²) in [5, 5.41) is 0. The molecule has 2 nitrogen and oxygen atoms in total. The first-order chi connectivity index (χ1) is 7.02. The molecule has 0 aliphatic carbocycles. The van der Waals surface area contributed by atoms with Crippen LogP contribution in [0.25, 0.3) is 0 Å². The van der Waals surface area contributed by atoms with Crippen LogP contribution in [0.1, 0.15) is 18.0 Å². The lowest BCUT2D eigenvalue weighted by Gasteiger charge is -2.16. The molecule has 0 fully saturated rings. The molecule has 0 spiro atoms. The monoisotopic (exact) mass is 274 g/mol. The van der Waals surface area contributed by atoms with E-state index in [0.29, 0.717) is 10.0 Å². The highest BCUT2D eigenvalue weighted by Crippen LogP contribution is 2.24. The van der Waals surface area contributed by atoms with E-state index in [2.05, 4.69) is 15.9 Å². The second-order valence-electron chi connectivity index (χ2n) is 3.84. The van der Waals surface area contributed by atoms with Gasteiger partial charge in [0.25, 0.3) is 0 Å². The van der Waals surface area contributed by atoms with Crippen LogP contribution in [0.5, 0.6) is 0 Å². The number of hydrogen-bond acceptors (Lipinski definition) is 2. The van der Waals surface area contributed by atoms with Crippen LogP contribution in [0.2, 0.25) is 0 Å². The fraction of sp³-hybridized carbons (Fsp3) is 0.455. The van der Waals surface area contributed by atoms with Crippen molar-refractivity contribution in [3.8, 4) is 0 Å². The molecule has 1 atom stereocenters. The predicted octanol–water partition coefficient (Wildman–Crippen LogP) is 2.54. The summed E-state index contributed by atoms with van der Waals surface area (Å²) in [7, 11) is 3.95. The Balaban J connectivity index is 2.73. The van der Waals surface area contributed by atoms with E-state index in [0.717, 1.165) is 13.0 Å². The Morgan fingerprint density at radius 1 is 1.47 bits per heavy atom. The van der Waals surface area contributed by atoms with E-state index in [4.69, 9.17) is 5.73 Å². The largest absolute Gasteiger partial charge is 0.324 e. The standard InChI is InChI=1S/C11H16BrFN2/c1-15(2)7-6-10(14)8-4-3-5-9(12)11(8)13/h3-5,10H,6-7,14H2,1-2H3. The van der Waals surface area contributed by atoms with Crippen molar-refractivity contribution >= 4 is 15.9 Å². The van der Waals surface area contributed by atoms with Gasteiger partial charge in [-0.15, -0.1) is 0 Å². The van der Waals surface area contributed by atoms with E-state index in [9.17, 15) is 4.39 Å². The molecule has 0 amide bonds. The molecule has 0 aliphatic rings. The molecule has 15 heavy (non-hydrogen) atoms. The molecule has 0 aliphatic heterocycles. The van der Waals surface area contributed by atoms with Crippen LogP contribution in [0.4, 0.5) is 4.39 Å². The zero-order valence-corrected chi connectivity index (χ0v) is 10.6. The van der Waals surface area contributed by atoms with Crippen molar-refractivity contribution in [2.24, 2.45) is 5.73 Å². The number of nitrogens with two attached hydrogens (primary N) is 1. The molecule has 0 saturated carbocycles. The van der Waals surface area contributed by atoms with Gasteiger partial charge in [-0.25, -0.2) is 4.39 Å². The first-order valence-corrected chi connectivity index (χ1v) is 5.66. The molecule has 1 aromatic carbocycles. The minimum absolute atomic E-state index is 0.245. The number of rotatable bonds is 4. The smallest absolute Gasteiger partial charge is 0.142 e. The lowest BCUT2D eigenvalue weighted by molar-refractivity contribution is 0.379. The SMILES string of the molecule is CN(C)CCC(N)c1cccc(Br)c1F. The van der Waals surface area contributed by atoms with E-state index < -0.39 is 0 Å². The molecule has 0 bridgehead atoms. The summed E-state index contributed by atoms with van der Waals surface area (Å²) in [4.78, 5) is 2.04. The third kappa shape index (κ3) is 3.55. The number of halogens is 2. The Bertz CT molecular complexity index is 328. The quantitative estimate of drug-likeness (QED) is 0.915. The summed E-state index contributed by atoms with van der Waals surface area (Å²) >= 11 is 3.15. The molecule has 0 aromatic heterocycles. The minimum atomic E-state index is -0.247. The van der Waals surface area contributed by atoms with Crippen LogP contribution in [-0.2, 0) is 0 Å². The van der Waals surface area contributed by atoms with Gasteiger partial charge in [0.05, 0.1) is 4.47 Å². The van der Waals surface area contributed by atoms with E-state index in [1.807, 2.05) is 19.0 Å². The zero-order valence-electron chi connectivity index (χ0n) is 9.00. The summed E-state index contributed by atoms with van der Waals surface area (Å²) in [6.45, 7) is 0.854. The van der Waals surface area contributed by atoms with E-state index in [1.54, 1.807) is 18.2 Å². The molecule has 1 unspecified atom stereocenters. The van der Waals surface area contributed by atoms with Crippen molar-refractivity contribution in [1.29, 1.82) is 0 Å². The Morgan fingerprint density at radius 2 is 2.13 bits per heavy atom. The summed E-state index contributed by atoms with van der Waals surface area (Å²) in [6, 6.07) is 4.97. The number of benzene rings is 1. The summed E-state index contributed by atoms with van der Waals surface area (Å²) in [5.74, 6) is -0.247. The van der Waals surface area contributed by atoms with Crippen LogP contribution < -0.4 is 5.73 Å². The van der Waals surface area contributed by atoms with Gasteiger partial charge < -0.3 is 10.6 Å². The second-order valence-corrected chi connectivity index (χ2v) is 4.70. The van der Waals surface area contributed by atoms with Gasteiger partial charge in [0.1, 0.15) is 5.82 Å². The fourth-order valence-electron chi connectivity index (χ4n) is 1.36. The normalized spacial score (nSPS) is 13.2. The molecule has 0 radical (unpaired) electrons. The molecular weight excluding hydrogens is 259 g/mol. The Morgan fingerprint density at radius 3 is 2.73 bits per heavy atom. The molecule has 1 rings (SSSR count). The van der Waals surface area contributed by atoms with Gasteiger partial charge in [-0.05, 0) is 49.1 Å². The van der Waals surface area contributed by atoms with E-state index in [1.165, 1.54) is 0 Å². The second kappa shape index (κ2) is 5.58. The van der Waals surface area contributed by atoms with Gasteiger partial charge in [-0.2, -0.15) is 0 Å². The van der Waals surface area contributed by atoms with Crippen LogP contribution in [0.15, 0.2) is 22.7 Å². The van der Waals surface area contributed by atoms with Crippen molar-refractivity contribution in [2.45, 2.75) is 12.5 Å². The Kier molecular flexibility index (Phi) is 4.70. The first kappa shape index (κ1) is 12.6. The fourth-order valence-corrected chi connectivity index (χ4v) is 1.74. The highest BCUT2D eigenvalue weighted by molar-refractivity contribution is 9.10. The summed E-state index contributed by atoms with van der Waals surface area (Å²) in [6.07, 6.45) is 0.750. The lowest BCUT2D eigenvalue weighted by Crippen LogP contribution is -2.20. The van der Waals surface area contributed by atoms with E-state index in [-0.39, 0.29) is 11.9 Å². The molecule has 2 N–H and O–H groups in total. The average molecular weight is 275 g/mol. The lowest BCUT2D eigenvalue weighted by atomic mass is 10.0. The third-order valence-corrected chi connectivity index (χ3v) is 2.88. The Labute approximate surface area is 98.4 Å². The average Bonchev–Trinajstić information content (AvgIpc) is 2.18. The van der Waals surface area contributed by atoms with Gasteiger partial charge >= 0.3 is 0 Å². The molecule has 4 heteroatoms. The van der Waals surface area contributed by atoms with Crippen LogP contribution >= 0.6 is 15.9 Å². The van der Waals surface area contributed by atoms with E-state index >= 15 is 0 Å². The predicted molar refractivity (Wildman–Crippen MR) is 64.2 cm³/mol. The maximum atomic E-state index is 13.6.